The second-order valence-corrected chi connectivity index (χ2v) is 6.63. The summed E-state index contributed by atoms with van der Waals surface area (Å²) in [5.74, 6) is 0.529. The van der Waals surface area contributed by atoms with Crippen LogP contribution in [0.1, 0.15) is 29.7 Å². The summed E-state index contributed by atoms with van der Waals surface area (Å²) in [5, 5.41) is 2.79. The molecular formula is C22H27ClN4O2. The third-order valence-corrected chi connectivity index (χ3v) is 4.49. The zero-order chi connectivity index (χ0) is 19.6. The second-order valence-electron chi connectivity index (χ2n) is 6.63. The maximum Gasteiger partial charge on any atom is 0.407 e. The number of amides is 1. The molecule has 1 heterocycles. The van der Waals surface area contributed by atoms with Crippen molar-refractivity contribution in [1.82, 2.24) is 14.9 Å². The van der Waals surface area contributed by atoms with Crippen LogP contribution in [0.25, 0.3) is 0 Å². The number of carbonyl (C=O) groups is 1. The Bertz CT molecular complexity index is 869. The molecule has 0 fully saturated rings. The van der Waals surface area contributed by atoms with Crippen molar-refractivity contribution in [2.45, 2.75) is 32.4 Å². The summed E-state index contributed by atoms with van der Waals surface area (Å²) >= 11 is 0. The van der Waals surface area contributed by atoms with Gasteiger partial charge in [0.15, 0.2) is 0 Å². The first-order valence-corrected chi connectivity index (χ1v) is 9.51. The summed E-state index contributed by atoms with van der Waals surface area (Å²) in [6, 6.07) is 19.8. The number of halogens is 1. The van der Waals surface area contributed by atoms with Crippen molar-refractivity contribution in [3.05, 3.63) is 83.7 Å². The van der Waals surface area contributed by atoms with Gasteiger partial charge in [-0.25, -0.2) is 9.78 Å². The molecule has 0 saturated carbocycles. The molecular weight excluding hydrogens is 388 g/mol. The molecule has 1 amide bonds. The fourth-order valence-electron chi connectivity index (χ4n) is 2.97. The van der Waals surface area contributed by atoms with Gasteiger partial charge in [0.1, 0.15) is 6.61 Å². The van der Waals surface area contributed by atoms with Crippen LogP contribution in [0.5, 0.6) is 0 Å². The fourth-order valence-corrected chi connectivity index (χ4v) is 2.97. The number of nitrogens with zero attached hydrogens (tertiary/aromatic N) is 2. The smallest absolute Gasteiger partial charge is 0.407 e. The Morgan fingerprint density at radius 3 is 2.34 bits per heavy atom. The molecule has 1 aromatic heterocycles. The zero-order valence-corrected chi connectivity index (χ0v) is 17.1. The van der Waals surface area contributed by atoms with Gasteiger partial charge in [0, 0.05) is 12.2 Å². The topological polar surface area (TPSA) is 82.2 Å². The number of hydrogen-bond donors (Lipinski definition) is 2. The maximum atomic E-state index is 11.7. The summed E-state index contributed by atoms with van der Waals surface area (Å²) < 4.78 is 7.24. The first kappa shape index (κ1) is 22.3. The van der Waals surface area contributed by atoms with Crippen LogP contribution in [0.15, 0.2) is 66.9 Å². The van der Waals surface area contributed by atoms with E-state index in [4.69, 9.17) is 10.5 Å². The number of imidazole rings is 1. The van der Waals surface area contributed by atoms with Gasteiger partial charge < -0.3 is 20.4 Å². The van der Waals surface area contributed by atoms with Crippen LogP contribution < -0.4 is 11.1 Å². The normalized spacial score (nSPS) is 10.2. The average molecular weight is 415 g/mol. The quantitative estimate of drug-likeness (QED) is 0.514. The number of nitrogens with one attached hydrogen (secondary N) is 1. The molecule has 154 valence electrons. The van der Waals surface area contributed by atoms with Gasteiger partial charge in [-0.3, -0.25) is 0 Å². The molecule has 2 aromatic carbocycles. The van der Waals surface area contributed by atoms with Crippen molar-refractivity contribution in [2.24, 2.45) is 0 Å². The summed E-state index contributed by atoms with van der Waals surface area (Å²) in [6.07, 6.45) is 4.09. The molecule has 0 saturated heterocycles. The van der Waals surface area contributed by atoms with E-state index in [2.05, 4.69) is 22.4 Å². The van der Waals surface area contributed by atoms with Gasteiger partial charge >= 0.3 is 6.09 Å². The van der Waals surface area contributed by atoms with Gasteiger partial charge in [0.25, 0.3) is 0 Å². The van der Waals surface area contributed by atoms with Crippen molar-refractivity contribution in [2.75, 3.05) is 12.3 Å². The molecule has 0 radical (unpaired) electrons. The summed E-state index contributed by atoms with van der Waals surface area (Å²) in [5.41, 5.74) is 9.29. The Hall–Kier alpha value is -2.99. The van der Waals surface area contributed by atoms with Crippen LogP contribution in [0.2, 0.25) is 0 Å². The molecule has 6 nitrogen and oxygen atoms in total. The largest absolute Gasteiger partial charge is 0.445 e. The monoisotopic (exact) mass is 414 g/mol. The molecule has 0 atom stereocenters. The molecule has 29 heavy (non-hydrogen) atoms. The lowest BCUT2D eigenvalue weighted by Crippen LogP contribution is -2.25. The lowest BCUT2D eigenvalue weighted by molar-refractivity contribution is 0.139. The number of hydrogen-bond acceptors (Lipinski definition) is 4. The van der Waals surface area contributed by atoms with Gasteiger partial charge in [0.2, 0.25) is 5.95 Å². The maximum absolute atomic E-state index is 11.7. The fraction of sp³-hybridized carbons (Fsp3) is 0.273. The third-order valence-electron chi connectivity index (χ3n) is 4.49. The number of aryl methyl sites for hydroxylation is 1. The standard InChI is InChI=1S/C22H26N4O2.ClH/c23-21-25-15-20(26(21)16-18-9-3-1-4-10-18)13-7-8-14-24-22(27)28-17-19-11-5-2-6-12-19;/h1-6,9-12,15H,7-8,13-14,16-17H2,(H2,23,25)(H,24,27);1H. The highest BCUT2D eigenvalue weighted by Gasteiger charge is 2.08. The van der Waals surface area contributed by atoms with E-state index in [1.165, 1.54) is 5.56 Å². The van der Waals surface area contributed by atoms with Gasteiger partial charge in [-0.1, -0.05) is 60.7 Å². The van der Waals surface area contributed by atoms with E-state index in [1.807, 2.05) is 59.3 Å². The minimum atomic E-state index is -0.387. The highest BCUT2D eigenvalue weighted by molar-refractivity contribution is 5.85. The predicted molar refractivity (Wildman–Crippen MR) is 117 cm³/mol. The number of ether oxygens (including phenoxy) is 1. The predicted octanol–water partition coefficient (Wildman–Crippen LogP) is 4.18. The number of anilines is 1. The number of alkyl carbamates (subject to hydrolysis) is 1. The van der Waals surface area contributed by atoms with E-state index in [0.29, 0.717) is 19.0 Å². The van der Waals surface area contributed by atoms with Crippen LogP contribution in [0, 0.1) is 0 Å². The molecule has 0 aliphatic carbocycles. The van der Waals surface area contributed by atoms with E-state index >= 15 is 0 Å². The van der Waals surface area contributed by atoms with Crippen LogP contribution in [0.3, 0.4) is 0 Å². The van der Waals surface area contributed by atoms with Crippen LogP contribution >= 0.6 is 12.4 Å². The van der Waals surface area contributed by atoms with Crippen LogP contribution in [-0.2, 0) is 24.3 Å². The van der Waals surface area contributed by atoms with Gasteiger partial charge in [-0.2, -0.15) is 0 Å². The number of unbranched alkanes of at least 4 members (excludes halogenated alkanes) is 1. The summed E-state index contributed by atoms with van der Waals surface area (Å²) in [6.45, 7) is 1.58. The van der Waals surface area contributed by atoms with Gasteiger partial charge in [0.05, 0.1) is 12.7 Å². The van der Waals surface area contributed by atoms with Crippen molar-refractivity contribution in [1.29, 1.82) is 0 Å². The molecule has 0 bridgehead atoms. The molecule has 7 heteroatoms. The summed E-state index contributed by atoms with van der Waals surface area (Å²) in [7, 11) is 0. The molecule has 3 rings (SSSR count). The van der Waals surface area contributed by atoms with Crippen molar-refractivity contribution in [3.8, 4) is 0 Å². The highest BCUT2D eigenvalue weighted by atomic mass is 35.5. The first-order chi connectivity index (χ1) is 13.7. The number of aromatic nitrogens is 2. The molecule has 3 N–H and O–H groups in total. The molecule has 0 aliphatic rings. The van der Waals surface area contributed by atoms with E-state index in [1.54, 1.807) is 0 Å². The molecule has 0 aliphatic heterocycles. The third kappa shape index (κ3) is 7.16. The number of benzene rings is 2. The Labute approximate surface area is 177 Å². The Balaban J connectivity index is 0.00000300. The van der Waals surface area contributed by atoms with Crippen molar-refractivity contribution >= 4 is 24.4 Å². The van der Waals surface area contributed by atoms with E-state index in [-0.39, 0.29) is 25.1 Å². The Morgan fingerprint density at radius 2 is 1.66 bits per heavy atom. The number of rotatable bonds is 9. The SMILES string of the molecule is Cl.Nc1ncc(CCCCNC(=O)OCc2ccccc2)n1Cc1ccccc1. The van der Waals surface area contributed by atoms with Crippen LogP contribution in [0.4, 0.5) is 10.7 Å². The van der Waals surface area contributed by atoms with E-state index in [0.717, 1.165) is 30.5 Å². The zero-order valence-electron chi connectivity index (χ0n) is 16.3. The minimum absolute atomic E-state index is 0. The molecule has 0 spiro atoms. The Kier molecular flexibility index (Phi) is 9.05. The van der Waals surface area contributed by atoms with Gasteiger partial charge in [-0.15, -0.1) is 12.4 Å². The van der Waals surface area contributed by atoms with E-state index < -0.39 is 0 Å². The molecule has 3 aromatic rings. The van der Waals surface area contributed by atoms with Gasteiger partial charge in [-0.05, 0) is 30.4 Å². The highest BCUT2D eigenvalue weighted by Crippen LogP contribution is 2.14. The minimum Gasteiger partial charge on any atom is -0.445 e. The lowest BCUT2D eigenvalue weighted by Gasteiger charge is -2.10. The molecule has 0 unspecified atom stereocenters. The number of nitrogens with two attached hydrogens (primary N) is 1. The van der Waals surface area contributed by atoms with Crippen molar-refractivity contribution in [3.63, 3.8) is 0 Å². The Morgan fingerprint density at radius 1 is 1.00 bits per heavy atom. The number of nitrogen functional groups attached to an aromatic ring is 1. The average Bonchev–Trinajstić information content (AvgIpc) is 3.07. The lowest BCUT2D eigenvalue weighted by atomic mass is 10.2. The number of carbonyl (C=O) groups excluding carboxylic acids is 1. The van der Waals surface area contributed by atoms with E-state index in [9.17, 15) is 4.79 Å². The second kappa shape index (κ2) is 11.8. The summed E-state index contributed by atoms with van der Waals surface area (Å²) in [4.78, 5) is 16.0. The van der Waals surface area contributed by atoms with Crippen LogP contribution in [-0.4, -0.2) is 22.2 Å². The first-order valence-electron chi connectivity index (χ1n) is 9.51. The van der Waals surface area contributed by atoms with Crippen molar-refractivity contribution < 1.29 is 9.53 Å².